The maximum Gasteiger partial charge on any atom is 0.0378 e. The van der Waals surface area contributed by atoms with Crippen molar-refractivity contribution in [3.63, 3.8) is 0 Å². The van der Waals surface area contributed by atoms with Crippen molar-refractivity contribution < 1.29 is 0 Å². The standard InChI is InChI=1S/C13H15NS/c1-8-4-5-11(14)7-12(8)13-9(2)6-10(3)15-13/h4-7H,14H2,1-3H3. The summed E-state index contributed by atoms with van der Waals surface area (Å²) in [6.45, 7) is 6.42. The van der Waals surface area contributed by atoms with E-state index in [-0.39, 0.29) is 0 Å². The van der Waals surface area contributed by atoms with E-state index in [4.69, 9.17) is 5.73 Å². The van der Waals surface area contributed by atoms with E-state index in [1.165, 1.54) is 26.4 Å². The van der Waals surface area contributed by atoms with Crippen LogP contribution < -0.4 is 5.73 Å². The van der Waals surface area contributed by atoms with Gasteiger partial charge in [-0.05, 0) is 55.7 Å². The molecule has 1 heterocycles. The summed E-state index contributed by atoms with van der Waals surface area (Å²) in [7, 11) is 0. The zero-order valence-electron chi connectivity index (χ0n) is 9.29. The van der Waals surface area contributed by atoms with Gasteiger partial charge in [0, 0.05) is 15.4 Å². The monoisotopic (exact) mass is 217 g/mol. The van der Waals surface area contributed by atoms with E-state index < -0.39 is 0 Å². The molecular weight excluding hydrogens is 202 g/mol. The average molecular weight is 217 g/mol. The number of hydrogen-bond acceptors (Lipinski definition) is 2. The summed E-state index contributed by atoms with van der Waals surface area (Å²) in [5.41, 5.74) is 10.6. The quantitative estimate of drug-likeness (QED) is 0.720. The second kappa shape index (κ2) is 3.70. The molecule has 0 aliphatic heterocycles. The van der Waals surface area contributed by atoms with Gasteiger partial charge in [0.2, 0.25) is 0 Å². The maximum absolute atomic E-state index is 5.83. The van der Waals surface area contributed by atoms with Gasteiger partial charge in [0.1, 0.15) is 0 Å². The van der Waals surface area contributed by atoms with Gasteiger partial charge < -0.3 is 5.73 Å². The topological polar surface area (TPSA) is 26.0 Å². The Morgan fingerprint density at radius 3 is 2.33 bits per heavy atom. The molecule has 2 heteroatoms. The first kappa shape index (κ1) is 10.2. The fourth-order valence-corrected chi connectivity index (χ4v) is 2.90. The number of anilines is 1. The van der Waals surface area contributed by atoms with Crippen molar-refractivity contribution in [1.29, 1.82) is 0 Å². The van der Waals surface area contributed by atoms with Crippen molar-refractivity contribution in [2.75, 3.05) is 5.73 Å². The van der Waals surface area contributed by atoms with Crippen LogP contribution in [0.5, 0.6) is 0 Å². The Labute approximate surface area is 94.6 Å². The second-order valence-electron chi connectivity index (χ2n) is 3.94. The number of nitrogen functional groups attached to an aromatic ring is 1. The molecular formula is C13H15NS. The average Bonchev–Trinajstić information content (AvgIpc) is 2.50. The normalized spacial score (nSPS) is 10.6. The summed E-state index contributed by atoms with van der Waals surface area (Å²) in [5.74, 6) is 0. The lowest BCUT2D eigenvalue weighted by Gasteiger charge is -2.05. The van der Waals surface area contributed by atoms with Crippen molar-refractivity contribution >= 4 is 17.0 Å². The summed E-state index contributed by atoms with van der Waals surface area (Å²) < 4.78 is 0. The molecule has 0 aliphatic rings. The number of nitrogens with two attached hydrogens (primary N) is 1. The molecule has 1 aromatic heterocycles. The zero-order valence-corrected chi connectivity index (χ0v) is 10.1. The van der Waals surface area contributed by atoms with Gasteiger partial charge in [-0.1, -0.05) is 6.07 Å². The van der Waals surface area contributed by atoms with E-state index in [0.29, 0.717) is 0 Å². The Morgan fingerprint density at radius 1 is 1.00 bits per heavy atom. The summed E-state index contributed by atoms with van der Waals surface area (Å²) >= 11 is 1.83. The van der Waals surface area contributed by atoms with Crippen LogP contribution >= 0.6 is 11.3 Å². The van der Waals surface area contributed by atoms with E-state index >= 15 is 0 Å². The predicted octanol–water partition coefficient (Wildman–Crippen LogP) is 3.92. The molecule has 15 heavy (non-hydrogen) atoms. The Hall–Kier alpha value is -1.28. The highest BCUT2D eigenvalue weighted by atomic mass is 32.1. The van der Waals surface area contributed by atoms with Crippen LogP contribution in [-0.4, -0.2) is 0 Å². The number of rotatable bonds is 1. The molecule has 78 valence electrons. The molecule has 0 saturated carbocycles. The van der Waals surface area contributed by atoms with E-state index in [1.807, 2.05) is 17.4 Å². The van der Waals surface area contributed by atoms with Crippen LogP contribution in [-0.2, 0) is 0 Å². The van der Waals surface area contributed by atoms with Gasteiger partial charge in [0.25, 0.3) is 0 Å². The first-order chi connectivity index (χ1) is 7.08. The van der Waals surface area contributed by atoms with Crippen LogP contribution in [0.25, 0.3) is 10.4 Å². The SMILES string of the molecule is Cc1cc(C)c(-c2cc(N)ccc2C)s1. The molecule has 0 bridgehead atoms. The van der Waals surface area contributed by atoms with Crippen LogP contribution in [0.3, 0.4) is 0 Å². The molecule has 2 rings (SSSR count). The van der Waals surface area contributed by atoms with Crippen molar-refractivity contribution in [3.05, 3.63) is 40.3 Å². The molecule has 2 aromatic rings. The Morgan fingerprint density at radius 2 is 1.73 bits per heavy atom. The van der Waals surface area contributed by atoms with E-state index in [9.17, 15) is 0 Å². The van der Waals surface area contributed by atoms with Gasteiger partial charge in [-0.25, -0.2) is 0 Å². The largest absolute Gasteiger partial charge is 0.399 e. The molecule has 0 unspecified atom stereocenters. The van der Waals surface area contributed by atoms with Crippen LogP contribution in [0.15, 0.2) is 24.3 Å². The van der Waals surface area contributed by atoms with Gasteiger partial charge in [0.15, 0.2) is 0 Å². The first-order valence-electron chi connectivity index (χ1n) is 5.01. The summed E-state index contributed by atoms with van der Waals surface area (Å²) in [4.78, 5) is 2.70. The molecule has 0 amide bonds. The lowest BCUT2D eigenvalue weighted by atomic mass is 10.0. The van der Waals surface area contributed by atoms with Crippen LogP contribution in [0.2, 0.25) is 0 Å². The van der Waals surface area contributed by atoms with Crippen molar-refractivity contribution in [1.82, 2.24) is 0 Å². The second-order valence-corrected chi connectivity index (χ2v) is 5.20. The minimum absolute atomic E-state index is 0.834. The third kappa shape index (κ3) is 1.90. The third-order valence-electron chi connectivity index (χ3n) is 2.55. The molecule has 1 nitrogen and oxygen atoms in total. The van der Waals surface area contributed by atoms with Crippen LogP contribution in [0.4, 0.5) is 5.69 Å². The zero-order chi connectivity index (χ0) is 11.0. The van der Waals surface area contributed by atoms with Crippen molar-refractivity contribution in [2.24, 2.45) is 0 Å². The number of aryl methyl sites for hydroxylation is 3. The highest BCUT2D eigenvalue weighted by Gasteiger charge is 2.08. The Kier molecular flexibility index (Phi) is 2.53. The minimum atomic E-state index is 0.834. The fourth-order valence-electron chi connectivity index (χ4n) is 1.79. The lowest BCUT2D eigenvalue weighted by molar-refractivity contribution is 1.44. The van der Waals surface area contributed by atoms with Crippen LogP contribution in [0.1, 0.15) is 16.0 Å². The summed E-state index contributed by atoms with van der Waals surface area (Å²) in [5, 5.41) is 0. The molecule has 0 aliphatic carbocycles. The van der Waals surface area contributed by atoms with Gasteiger partial charge in [-0.15, -0.1) is 11.3 Å². The van der Waals surface area contributed by atoms with E-state index in [1.54, 1.807) is 0 Å². The van der Waals surface area contributed by atoms with Gasteiger partial charge in [0.05, 0.1) is 0 Å². The van der Waals surface area contributed by atoms with Crippen LogP contribution in [0, 0.1) is 20.8 Å². The van der Waals surface area contributed by atoms with E-state index in [2.05, 4.69) is 39.0 Å². The van der Waals surface area contributed by atoms with E-state index in [0.717, 1.165) is 5.69 Å². The van der Waals surface area contributed by atoms with Gasteiger partial charge in [-0.3, -0.25) is 0 Å². The first-order valence-corrected chi connectivity index (χ1v) is 5.83. The lowest BCUT2D eigenvalue weighted by Crippen LogP contribution is -1.88. The minimum Gasteiger partial charge on any atom is -0.399 e. The Balaban J connectivity index is 2.62. The number of thiophene rings is 1. The molecule has 2 N–H and O–H groups in total. The highest BCUT2D eigenvalue weighted by Crippen LogP contribution is 2.34. The fraction of sp³-hybridized carbons (Fsp3) is 0.231. The molecule has 1 aromatic carbocycles. The van der Waals surface area contributed by atoms with Gasteiger partial charge >= 0.3 is 0 Å². The highest BCUT2D eigenvalue weighted by molar-refractivity contribution is 7.15. The molecule has 0 spiro atoms. The number of hydrogen-bond donors (Lipinski definition) is 1. The smallest absolute Gasteiger partial charge is 0.0378 e. The summed E-state index contributed by atoms with van der Waals surface area (Å²) in [6, 6.07) is 8.32. The van der Waals surface area contributed by atoms with Crippen molar-refractivity contribution in [3.8, 4) is 10.4 Å². The molecule has 0 saturated heterocycles. The molecule has 0 atom stereocenters. The number of benzene rings is 1. The third-order valence-corrected chi connectivity index (χ3v) is 3.73. The Bertz CT molecular complexity index is 497. The van der Waals surface area contributed by atoms with Crippen molar-refractivity contribution in [2.45, 2.75) is 20.8 Å². The van der Waals surface area contributed by atoms with Gasteiger partial charge in [-0.2, -0.15) is 0 Å². The molecule has 0 fully saturated rings. The maximum atomic E-state index is 5.83. The molecule has 0 radical (unpaired) electrons. The summed E-state index contributed by atoms with van der Waals surface area (Å²) in [6.07, 6.45) is 0. The predicted molar refractivity (Wildman–Crippen MR) is 68.4 cm³/mol.